The summed E-state index contributed by atoms with van der Waals surface area (Å²) < 4.78 is 0. The average Bonchev–Trinajstić information content (AvgIpc) is 1.63. The molecule has 2 N–H and O–H groups in total. The van der Waals surface area contributed by atoms with Crippen LogP contribution in [0.25, 0.3) is 0 Å². The lowest BCUT2D eigenvalue weighted by atomic mass is 9.92. The molecule has 1 fully saturated rings. The van der Waals surface area contributed by atoms with Crippen molar-refractivity contribution in [2.24, 2.45) is 5.84 Å². The van der Waals surface area contributed by atoms with Crippen molar-refractivity contribution < 1.29 is 0 Å². The van der Waals surface area contributed by atoms with Crippen LogP contribution in [0, 0.1) is 0 Å². The third-order valence-corrected chi connectivity index (χ3v) is 1.74. The molecule has 50 valence electrons. The van der Waals surface area contributed by atoms with E-state index in [1.165, 1.54) is 6.42 Å². The third kappa shape index (κ3) is 1.13. The van der Waals surface area contributed by atoms with E-state index in [1.54, 1.807) is 0 Å². The first-order chi connectivity index (χ1) is 3.13. The molecular weight excluding hydrogens is 124 g/mol. The van der Waals surface area contributed by atoms with Crippen LogP contribution < -0.4 is 5.84 Å². The van der Waals surface area contributed by atoms with E-state index in [0.29, 0.717) is 5.54 Å². The second-order valence-corrected chi connectivity index (χ2v) is 2.76. The number of hydrogen-bond acceptors (Lipinski definition) is 2. The number of nitrogens with two attached hydrogens (primary N) is 1. The molecule has 0 bridgehead atoms. The van der Waals surface area contributed by atoms with Gasteiger partial charge in [-0.1, -0.05) is 0 Å². The fraction of sp³-hybridized carbons (Fsp3) is 1.00. The van der Waals surface area contributed by atoms with E-state index in [4.69, 9.17) is 5.84 Å². The van der Waals surface area contributed by atoms with Gasteiger partial charge in [-0.2, -0.15) is 0 Å². The second kappa shape index (κ2) is 2.21. The Balaban J connectivity index is 0.000000490. The standard InChI is InChI=1S/C5H12N2.ClH/c1-5(2)3-4-7(5)6;/h3-4,6H2,1-2H3;1H. The topological polar surface area (TPSA) is 29.3 Å². The zero-order valence-electron chi connectivity index (χ0n) is 5.35. The molecule has 0 aromatic rings. The van der Waals surface area contributed by atoms with E-state index in [0.717, 1.165) is 6.54 Å². The minimum absolute atomic E-state index is 0. The molecule has 0 aromatic heterocycles. The molecule has 1 heterocycles. The second-order valence-electron chi connectivity index (χ2n) is 2.76. The summed E-state index contributed by atoms with van der Waals surface area (Å²) in [6.45, 7) is 5.36. The molecule has 1 aliphatic heterocycles. The van der Waals surface area contributed by atoms with Crippen molar-refractivity contribution in [1.82, 2.24) is 5.01 Å². The fourth-order valence-electron chi connectivity index (χ4n) is 0.688. The van der Waals surface area contributed by atoms with Crippen LogP contribution in [0.3, 0.4) is 0 Å². The first-order valence-corrected chi connectivity index (χ1v) is 2.65. The van der Waals surface area contributed by atoms with E-state index < -0.39 is 0 Å². The number of rotatable bonds is 0. The highest BCUT2D eigenvalue weighted by Gasteiger charge is 2.32. The number of nitrogens with zero attached hydrogens (tertiary/aromatic N) is 1. The van der Waals surface area contributed by atoms with Gasteiger partial charge in [0.1, 0.15) is 0 Å². The van der Waals surface area contributed by atoms with Gasteiger partial charge in [0.15, 0.2) is 0 Å². The summed E-state index contributed by atoms with van der Waals surface area (Å²) >= 11 is 0. The summed E-state index contributed by atoms with van der Waals surface area (Å²) in [7, 11) is 0. The van der Waals surface area contributed by atoms with Gasteiger partial charge >= 0.3 is 0 Å². The van der Waals surface area contributed by atoms with Gasteiger partial charge in [-0.15, -0.1) is 12.4 Å². The maximum atomic E-state index is 5.49. The Kier molecular flexibility index (Phi) is 2.27. The van der Waals surface area contributed by atoms with Gasteiger partial charge in [-0.3, -0.25) is 5.84 Å². The molecule has 2 nitrogen and oxygen atoms in total. The summed E-state index contributed by atoms with van der Waals surface area (Å²) in [4.78, 5) is 0. The SMILES string of the molecule is CC1(C)CCN1N.Cl. The van der Waals surface area contributed by atoms with Gasteiger partial charge in [0.25, 0.3) is 0 Å². The Morgan fingerprint density at radius 3 is 1.88 bits per heavy atom. The van der Waals surface area contributed by atoms with Gasteiger partial charge < -0.3 is 0 Å². The molecule has 1 saturated heterocycles. The summed E-state index contributed by atoms with van der Waals surface area (Å²) in [5, 5.41) is 1.87. The zero-order chi connectivity index (χ0) is 5.49. The van der Waals surface area contributed by atoms with Crippen LogP contribution in [0.5, 0.6) is 0 Å². The van der Waals surface area contributed by atoms with Crippen LogP contribution in [-0.2, 0) is 0 Å². The van der Waals surface area contributed by atoms with Crippen molar-refractivity contribution in [1.29, 1.82) is 0 Å². The highest BCUT2D eigenvalue weighted by molar-refractivity contribution is 5.85. The number of halogens is 1. The van der Waals surface area contributed by atoms with Gasteiger partial charge in [0.2, 0.25) is 0 Å². The lowest BCUT2D eigenvalue weighted by Gasteiger charge is -2.44. The largest absolute Gasteiger partial charge is 0.268 e. The predicted molar refractivity (Wildman–Crippen MR) is 36.8 cm³/mol. The normalized spacial score (nSPS) is 25.9. The monoisotopic (exact) mass is 136 g/mol. The van der Waals surface area contributed by atoms with Crippen LogP contribution in [0.2, 0.25) is 0 Å². The van der Waals surface area contributed by atoms with Crippen LogP contribution in [0.15, 0.2) is 0 Å². The Bertz CT molecular complexity index is 82.5. The molecule has 0 atom stereocenters. The summed E-state index contributed by atoms with van der Waals surface area (Å²) in [5.74, 6) is 5.49. The lowest BCUT2D eigenvalue weighted by Crippen LogP contribution is -2.59. The third-order valence-electron chi connectivity index (χ3n) is 1.74. The highest BCUT2D eigenvalue weighted by atomic mass is 35.5. The van der Waals surface area contributed by atoms with Gasteiger partial charge in [-0.25, -0.2) is 5.01 Å². The fourth-order valence-corrected chi connectivity index (χ4v) is 0.688. The van der Waals surface area contributed by atoms with Gasteiger partial charge in [-0.05, 0) is 20.3 Å². The first-order valence-electron chi connectivity index (χ1n) is 2.65. The summed E-state index contributed by atoms with van der Waals surface area (Å²) in [5.41, 5.74) is 0.292. The quantitative estimate of drug-likeness (QED) is 0.499. The zero-order valence-corrected chi connectivity index (χ0v) is 6.16. The average molecular weight is 137 g/mol. The molecular formula is C5H13ClN2. The molecule has 8 heavy (non-hydrogen) atoms. The van der Waals surface area contributed by atoms with Crippen molar-refractivity contribution in [2.45, 2.75) is 25.8 Å². The summed E-state index contributed by atoms with van der Waals surface area (Å²) in [6.07, 6.45) is 1.24. The van der Waals surface area contributed by atoms with Crippen LogP contribution in [0.1, 0.15) is 20.3 Å². The first kappa shape index (κ1) is 8.21. The molecule has 0 saturated carbocycles. The van der Waals surface area contributed by atoms with Gasteiger partial charge in [0.05, 0.1) is 0 Å². The van der Waals surface area contributed by atoms with Crippen molar-refractivity contribution in [2.75, 3.05) is 6.54 Å². The minimum Gasteiger partial charge on any atom is -0.268 e. The lowest BCUT2D eigenvalue weighted by molar-refractivity contribution is 0.0155. The van der Waals surface area contributed by atoms with Crippen LogP contribution in [-0.4, -0.2) is 17.1 Å². The van der Waals surface area contributed by atoms with Gasteiger partial charge in [0, 0.05) is 12.1 Å². The van der Waals surface area contributed by atoms with Crippen molar-refractivity contribution in [3.63, 3.8) is 0 Å². The Morgan fingerprint density at radius 1 is 1.50 bits per heavy atom. The molecule has 0 aliphatic carbocycles. The minimum atomic E-state index is 0. The molecule has 0 spiro atoms. The molecule has 3 heteroatoms. The summed E-state index contributed by atoms with van der Waals surface area (Å²) in [6, 6.07) is 0. The van der Waals surface area contributed by atoms with Crippen molar-refractivity contribution >= 4 is 12.4 Å². The van der Waals surface area contributed by atoms with Crippen LogP contribution in [0.4, 0.5) is 0 Å². The van der Waals surface area contributed by atoms with Crippen molar-refractivity contribution in [3.8, 4) is 0 Å². The van der Waals surface area contributed by atoms with Crippen molar-refractivity contribution in [3.05, 3.63) is 0 Å². The van der Waals surface area contributed by atoms with E-state index in [1.807, 2.05) is 5.01 Å². The molecule has 0 radical (unpaired) electrons. The molecule has 0 unspecified atom stereocenters. The smallest absolute Gasteiger partial charge is 0.0308 e. The van der Waals surface area contributed by atoms with E-state index in [9.17, 15) is 0 Å². The Hall–Kier alpha value is 0.210. The Morgan fingerprint density at radius 2 is 1.88 bits per heavy atom. The predicted octanol–water partition coefficient (Wildman–Crippen LogP) is 0.766. The van der Waals surface area contributed by atoms with E-state index in [-0.39, 0.29) is 12.4 Å². The molecule has 1 rings (SSSR count). The van der Waals surface area contributed by atoms with E-state index in [2.05, 4.69) is 13.8 Å². The highest BCUT2D eigenvalue weighted by Crippen LogP contribution is 2.24. The number of hydrazine groups is 1. The number of hydrogen-bond donors (Lipinski definition) is 1. The van der Waals surface area contributed by atoms with E-state index >= 15 is 0 Å². The maximum Gasteiger partial charge on any atom is 0.0308 e. The Labute approximate surface area is 56.4 Å². The molecule has 1 aliphatic rings. The maximum absolute atomic E-state index is 5.49. The molecule has 0 amide bonds. The molecule has 0 aromatic carbocycles. The van der Waals surface area contributed by atoms with Crippen LogP contribution >= 0.6 is 12.4 Å².